The van der Waals surface area contributed by atoms with Gasteiger partial charge < -0.3 is 9.80 Å². The average molecular weight is 373 g/mol. The Kier molecular flexibility index (Phi) is 4.97. The van der Waals surface area contributed by atoms with Crippen LogP contribution in [0.2, 0.25) is 0 Å². The number of aromatic nitrogens is 4. The van der Waals surface area contributed by atoms with Crippen molar-refractivity contribution in [2.24, 2.45) is 0 Å². The van der Waals surface area contributed by atoms with Crippen molar-refractivity contribution in [2.75, 3.05) is 31.1 Å². The molecule has 1 aliphatic heterocycles. The molecule has 0 aliphatic carbocycles. The summed E-state index contributed by atoms with van der Waals surface area (Å²) in [7, 11) is 0. The van der Waals surface area contributed by atoms with E-state index in [-0.39, 0.29) is 5.91 Å². The second kappa shape index (κ2) is 7.88. The van der Waals surface area contributed by atoms with Gasteiger partial charge in [-0.15, -0.1) is 5.10 Å². The number of nitriles is 1. The Bertz CT molecular complexity index is 1000. The molecule has 4 rings (SSSR count). The highest BCUT2D eigenvalue weighted by molar-refractivity contribution is 5.92. The van der Waals surface area contributed by atoms with Gasteiger partial charge in [-0.3, -0.25) is 4.79 Å². The minimum Gasteiger partial charge on any atom is -0.352 e. The minimum atomic E-state index is -0.125. The van der Waals surface area contributed by atoms with Crippen LogP contribution in [0.3, 0.4) is 0 Å². The number of benzene rings is 1. The lowest BCUT2D eigenvalue weighted by Crippen LogP contribution is -2.49. The summed E-state index contributed by atoms with van der Waals surface area (Å²) < 4.78 is 1.67. The largest absolute Gasteiger partial charge is 0.352 e. The summed E-state index contributed by atoms with van der Waals surface area (Å²) in [5.74, 6) is 0.548. The van der Waals surface area contributed by atoms with Gasteiger partial charge in [0, 0.05) is 32.4 Å². The molecule has 1 aromatic carbocycles. The number of hydrogen-bond acceptors (Lipinski definition) is 6. The van der Waals surface area contributed by atoms with Gasteiger partial charge in [-0.2, -0.15) is 5.26 Å². The SMILES string of the molecule is N#Cc1cccnc1N1CCN(C(=O)c2cn(Cc3ccccc3)nn2)CC1. The summed E-state index contributed by atoms with van der Waals surface area (Å²) in [5, 5.41) is 17.4. The van der Waals surface area contributed by atoms with Crippen LogP contribution >= 0.6 is 0 Å². The van der Waals surface area contributed by atoms with E-state index in [4.69, 9.17) is 0 Å². The van der Waals surface area contributed by atoms with Crippen molar-refractivity contribution >= 4 is 11.7 Å². The van der Waals surface area contributed by atoms with E-state index in [1.54, 1.807) is 34.1 Å². The molecular weight excluding hydrogens is 354 g/mol. The van der Waals surface area contributed by atoms with Crippen LogP contribution in [0, 0.1) is 11.3 Å². The molecule has 2 aromatic heterocycles. The first kappa shape index (κ1) is 17.7. The van der Waals surface area contributed by atoms with Gasteiger partial charge in [-0.05, 0) is 17.7 Å². The van der Waals surface area contributed by atoms with Gasteiger partial charge in [-0.1, -0.05) is 35.5 Å². The normalized spacial score (nSPS) is 14.0. The molecule has 8 nitrogen and oxygen atoms in total. The number of carbonyl (C=O) groups excluding carboxylic acids is 1. The van der Waals surface area contributed by atoms with Crippen molar-refractivity contribution in [3.63, 3.8) is 0 Å². The molecule has 140 valence electrons. The fraction of sp³-hybridized carbons (Fsp3) is 0.250. The van der Waals surface area contributed by atoms with Gasteiger partial charge in [-0.25, -0.2) is 9.67 Å². The monoisotopic (exact) mass is 373 g/mol. The van der Waals surface area contributed by atoms with Crippen molar-refractivity contribution in [1.29, 1.82) is 5.26 Å². The van der Waals surface area contributed by atoms with E-state index < -0.39 is 0 Å². The Morgan fingerprint density at radius 2 is 1.86 bits per heavy atom. The van der Waals surface area contributed by atoms with Crippen LogP contribution in [0.15, 0.2) is 54.9 Å². The smallest absolute Gasteiger partial charge is 0.276 e. The van der Waals surface area contributed by atoms with Gasteiger partial charge in [0.2, 0.25) is 0 Å². The van der Waals surface area contributed by atoms with E-state index in [0.29, 0.717) is 49.8 Å². The number of hydrogen-bond donors (Lipinski definition) is 0. The molecule has 3 heterocycles. The zero-order valence-electron chi connectivity index (χ0n) is 15.3. The predicted octanol–water partition coefficient (Wildman–Crippen LogP) is 1.56. The van der Waals surface area contributed by atoms with Crippen molar-refractivity contribution in [1.82, 2.24) is 24.9 Å². The average Bonchev–Trinajstić information content (AvgIpc) is 3.22. The third-order valence-corrected chi connectivity index (χ3v) is 4.72. The van der Waals surface area contributed by atoms with Crippen molar-refractivity contribution in [2.45, 2.75) is 6.54 Å². The topological polar surface area (TPSA) is 90.9 Å². The maximum Gasteiger partial charge on any atom is 0.276 e. The fourth-order valence-electron chi connectivity index (χ4n) is 3.26. The van der Waals surface area contributed by atoms with E-state index in [1.165, 1.54) is 0 Å². The molecule has 1 fully saturated rings. The Hall–Kier alpha value is -3.73. The van der Waals surface area contributed by atoms with Crippen LogP contribution in [0.4, 0.5) is 5.82 Å². The van der Waals surface area contributed by atoms with Crippen molar-refractivity contribution in [3.05, 3.63) is 71.7 Å². The molecule has 1 amide bonds. The summed E-state index contributed by atoms with van der Waals surface area (Å²) in [6.07, 6.45) is 3.37. The Morgan fingerprint density at radius 3 is 2.61 bits per heavy atom. The molecular formula is C20H19N7O. The number of piperazine rings is 1. The van der Waals surface area contributed by atoms with Crippen LogP contribution in [-0.2, 0) is 6.54 Å². The zero-order valence-corrected chi connectivity index (χ0v) is 15.3. The van der Waals surface area contributed by atoms with Crippen LogP contribution in [0.5, 0.6) is 0 Å². The summed E-state index contributed by atoms with van der Waals surface area (Å²) >= 11 is 0. The number of anilines is 1. The Balaban J connectivity index is 1.39. The number of carbonyl (C=O) groups is 1. The number of rotatable bonds is 4. The maximum atomic E-state index is 12.8. The quantitative estimate of drug-likeness (QED) is 0.689. The Morgan fingerprint density at radius 1 is 1.07 bits per heavy atom. The van der Waals surface area contributed by atoms with Gasteiger partial charge in [0.15, 0.2) is 5.69 Å². The van der Waals surface area contributed by atoms with E-state index in [2.05, 4.69) is 21.4 Å². The second-order valence-electron chi connectivity index (χ2n) is 6.55. The molecule has 0 atom stereocenters. The lowest BCUT2D eigenvalue weighted by Gasteiger charge is -2.35. The molecule has 1 saturated heterocycles. The van der Waals surface area contributed by atoms with Crippen LogP contribution < -0.4 is 4.90 Å². The van der Waals surface area contributed by atoms with E-state index in [1.807, 2.05) is 35.2 Å². The third-order valence-electron chi connectivity index (χ3n) is 4.72. The Labute approximate surface area is 162 Å². The standard InChI is InChI=1S/C20H19N7O/c21-13-17-7-4-8-22-19(17)25-9-11-26(12-10-25)20(28)18-15-27(24-23-18)14-16-5-2-1-3-6-16/h1-8,15H,9-12,14H2. The summed E-state index contributed by atoms with van der Waals surface area (Å²) in [6.45, 7) is 2.91. The van der Waals surface area contributed by atoms with E-state index in [9.17, 15) is 10.1 Å². The highest BCUT2D eigenvalue weighted by Gasteiger charge is 2.25. The molecule has 28 heavy (non-hydrogen) atoms. The number of amides is 1. The van der Waals surface area contributed by atoms with Crippen LogP contribution in [0.1, 0.15) is 21.6 Å². The van der Waals surface area contributed by atoms with Crippen LogP contribution in [-0.4, -0.2) is 57.0 Å². The molecule has 1 aliphatic rings. The lowest BCUT2D eigenvalue weighted by molar-refractivity contribution is 0.0740. The second-order valence-corrected chi connectivity index (χ2v) is 6.55. The molecule has 0 saturated carbocycles. The highest BCUT2D eigenvalue weighted by atomic mass is 16.2. The molecule has 0 bridgehead atoms. The summed E-state index contributed by atoms with van der Waals surface area (Å²) in [4.78, 5) is 20.9. The molecule has 3 aromatic rings. The summed E-state index contributed by atoms with van der Waals surface area (Å²) in [6, 6.07) is 15.6. The predicted molar refractivity (Wildman–Crippen MR) is 103 cm³/mol. The number of nitrogens with zero attached hydrogens (tertiary/aromatic N) is 7. The van der Waals surface area contributed by atoms with Gasteiger partial charge in [0.1, 0.15) is 11.9 Å². The van der Waals surface area contributed by atoms with Gasteiger partial charge in [0.05, 0.1) is 18.3 Å². The minimum absolute atomic E-state index is 0.125. The molecule has 0 spiro atoms. The lowest BCUT2D eigenvalue weighted by atomic mass is 10.2. The molecule has 8 heteroatoms. The molecule has 0 N–H and O–H groups in total. The third kappa shape index (κ3) is 3.69. The van der Waals surface area contributed by atoms with E-state index in [0.717, 1.165) is 5.56 Å². The van der Waals surface area contributed by atoms with Crippen molar-refractivity contribution < 1.29 is 4.79 Å². The first-order chi connectivity index (χ1) is 13.7. The van der Waals surface area contributed by atoms with Crippen molar-refractivity contribution in [3.8, 4) is 6.07 Å². The first-order valence-electron chi connectivity index (χ1n) is 9.08. The van der Waals surface area contributed by atoms with Gasteiger partial charge >= 0.3 is 0 Å². The number of pyridine rings is 1. The summed E-state index contributed by atoms with van der Waals surface area (Å²) in [5.41, 5.74) is 2.00. The van der Waals surface area contributed by atoms with E-state index >= 15 is 0 Å². The first-order valence-corrected chi connectivity index (χ1v) is 9.08. The van der Waals surface area contributed by atoms with Gasteiger partial charge in [0.25, 0.3) is 5.91 Å². The molecule has 0 radical (unpaired) electrons. The fourth-order valence-corrected chi connectivity index (χ4v) is 3.26. The van der Waals surface area contributed by atoms with Crippen LogP contribution in [0.25, 0.3) is 0 Å². The maximum absolute atomic E-state index is 12.8. The highest BCUT2D eigenvalue weighted by Crippen LogP contribution is 2.18. The molecule has 0 unspecified atom stereocenters. The zero-order chi connectivity index (χ0) is 19.3.